The number of para-hydroxylation sites is 1. The molecule has 0 N–H and O–H groups in total. The van der Waals surface area contributed by atoms with Crippen molar-refractivity contribution < 1.29 is 4.42 Å². The van der Waals surface area contributed by atoms with Crippen LogP contribution in [-0.2, 0) is 32.5 Å². The summed E-state index contributed by atoms with van der Waals surface area (Å²) in [5, 5.41) is 7.50. The lowest BCUT2D eigenvalue weighted by Gasteiger charge is -2.37. The van der Waals surface area contributed by atoms with Gasteiger partial charge >= 0.3 is 0 Å². The zero-order chi connectivity index (χ0) is 73.4. The van der Waals surface area contributed by atoms with Gasteiger partial charge in [-0.15, -0.1) is 0 Å². The van der Waals surface area contributed by atoms with Gasteiger partial charge in [-0.3, -0.25) is 0 Å². The van der Waals surface area contributed by atoms with E-state index in [1.807, 2.05) is 0 Å². The minimum Gasteiger partial charge on any atom is -0.455 e. The molecule has 104 heavy (non-hydrogen) atoms. The second-order valence-corrected chi connectivity index (χ2v) is 40.4. The van der Waals surface area contributed by atoms with E-state index in [4.69, 9.17) is 4.42 Å². The van der Waals surface area contributed by atoms with Gasteiger partial charge in [0.15, 0.2) is 0 Å². The van der Waals surface area contributed by atoms with Crippen LogP contribution >= 0.6 is 0 Å². The Balaban J connectivity index is 1.15. The van der Waals surface area contributed by atoms with Crippen molar-refractivity contribution >= 4 is 96.3 Å². The number of hydrogen-bond donors (Lipinski definition) is 0. The Labute approximate surface area is 619 Å². The zero-order valence-corrected chi connectivity index (χ0v) is 66.2. The number of furan rings is 1. The third-order valence-corrected chi connectivity index (χ3v) is 27.2. The van der Waals surface area contributed by atoms with Crippen LogP contribution in [-0.4, -0.2) is 12.6 Å². The maximum absolute atomic E-state index is 7.96. The molecule has 16 rings (SSSR count). The fourth-order valence-corrected chi connectivity index (χ4v) is 20.8. The summed E-state index contributed by atoms with van der Waals surface area (Å²) in [6, 6.07) is 90.9. The summed E-state index contributed by atoms with van der Waals surface area (Å²) in [6.07, 6.45) is 0. The standard InChI is InChI=1S/C99H101N3OSi/c1-60-30-44-74(54-62(60)3)100(71-46-36-65(37-47-71)95(8,9)10)84-58-80-90(92-88(84)76-26-22-24-28-86(76)103-92)91-81(59-85(89-77-27-23-25-29-87(77)104(20,21)93(89)91)101(75-45-31-61(2)63(4)55-75)72-48-38-66(39-49-72)96(11,12)13)99(80,68-34-32-64(33-35-68)94(5,6)7)70-43-53-83-79(57-70)78-56-69(98(17,18)19)42-52-82(78)102(83)73-50-40-67(41-51-73)97(14,15)16/h22-59H,1-21H3. The van der Waals surface area contributed by atoms with Crippen molar-refractivity contribution in [3.05, 3.63) is 303 Å². The Morgan fingerprint density at radius 3 is 1.33 bits per heavy atom. The Morgan fingerprint density at radius 1 is 0.356 bits per heavy atom. The molecule has 0 saturated carbocycles. The summed E-state index contributed by atoms with van der Waals surface area (Å²) >= 11 is 0. The molecule has 1 unspecified atom stereocenters. The molecule has 0 radical (unpaired) electrons. The van der Waals surface area contributed by atoms with E-state index in [0.717, 1.165) is 61.6 Å². The highest BCUT2D eigenvalue weighted by Crippen LogP contribution is 2.64. The Kier molecular flexibility index (Phi) is 15.7. The van der Waals surface area contributed by atoms with Crippen molar-refractivity contribution in [3.63, 3.8) is 0 Å². The van der Waals surface area contributed by atoms with Gasteiger partial charge in [0.05, 0.1) is 33.2 Å². The van der Waals surface area contributed by atoms with Crippen LogP contribution in [0.2, 0.25) is 13.1 Å². The Bertz CT molecular complexity index is 5800. The van der Waals surface area contributed by atoms with Crippen LogP contribution in [0.4, 0.5) is 34.1 Å². The average Bonchev–Trinajstić information content (AvgIpc) is 1.49. The Hall–Kier alpha value is -9.94. The number of aryl methyl sites for hydroxylation is 4. The monoisotopic (exact) mass is 1380 g/mol. The average molecular weight is 1380 g/mol. The fourth-order valence-electron chi connectivity index (χ4n) is 17.3. The topological polar surface area (TPSA) is 24.6 Å². The van der Waals surface area contributed by atoms with Gasteiger partial charge in [-0.2, -0.15) is 0 Å². The number of anilines is 6. The van der Waals surface area contributed by atoms with E-state index >= 15 is 0 Å². The quantitative estimate of drug-likeness (QED) is 0.135. The van der Waals surface area contributed by atoms with Crippen molar-refractivity contribution in [2.45, 2.75) is 177 Å². The van der Waals surface area contributed by atoms with Gasteiger partial charge in [0, 0.05) is 55.7 Å². The van der Waals surface area contributed by atoms with Crippen LogP contribution in [0, 0.1) is 27.7 Å². The molecular weight excluding hydrogens is 1280 g/mol. The van der Waals surface area contributed by atoms with Gasteiger partial charge in [0.25, 0.3) is 0 Å². The van der Waals surface area contributed by atoms with Crippen LogP contribution < -0.4 is 20.2 Å². The van der Waals surface area contributed by atoms with Crippen molar-refractivity contribution in [2.24, 2.45) is 0 Å². The van der Waals surface area contributed by atoms with Crippen molar-refractivity contribution in [1.82, 2.24) is 4.57 Å². The van der Waals surface area contributed by atoms with E-state index in [-0.39, 0.29) is 27.1 Å². The SMILES string of the molecule is Cc1ccc(N(c2ccc(C(C)(C)C)cc2)c2cc3c(c4c2-c2ccccc2[Si]4(C)C)-c2c(cc(N(c4ccc(C(C)(C)C)cc4)c4ccc(C)c(C)c4)c4c2oc2ccccc24)C3(c2ccc(C(C)(C)C)cc2)c2ccc3c(c2)c2cc(C(C)(C)C)ccc2n3-c2ccc(C(C)(C)C)cc2)cc1C. The minimum atomic E-state index is -2.77. The maximum atomic E-state index is 7.96. The van der Waals surface area contributed by atoms with Crippen LogP contribution in [0.15, 0.2) is 235 Å². The van der Waals surface area contributed by atoms with Crippen molar-refractivity contribution in [3.8, 4) is 27.9 Å². The van der Waals surface area contributed by atoms with Crippen LogP contribution in [0.5, 0.6) is 0 Å². The third-order valence-electron chi connectivity index (χ3n) is 23.7. The molecule has 1 aliphatic heterocycles. The molecule has 0 saturated heterocycles. The van der Waals surface area contributed by atoms with Gasteiger partial charge in [0.1, 0.15) is 19.2 Å². The highest BCUT2D eigenvalue weighted by molar-refractivity contribution is 7.05. The molecule has 0 spiro atoms. The summed E-state index contributed by atoms with van der Waals surface area (Å²) in [5.74, 6) is 0. The summed E-state index contributed by atoms with van der Waals surface area (Å²) < 4.78 is 10.5. The first kappa shape index (κ1) is 68.5. The molecule has 522 valence electrons. The summed E-state index contributed by atoms with van der Waals surface area (Å²) in [6.45, 7) is 49.2. The van der Waals surface area contributed by atoms with Gasteiger partial charge in [-0.05, 0) is 252 Å². The molecule has 3 heterocycles. The van der Waals surface area contributed by atoms with E-state index in [2.05, 4.69) is 390 Å². The first-order chi connectivity index (χ1) is 49.1. The van der Waals surface area contributed by atoms with E-state index in [1.54, 1.807) is 0 Å². The van der Waals surface area contributed by atoms with Gasteiger partial charge in [-0.25, -0.2) is 0 Å². The number of aromatic nitrogens is 1. The predicted octanol–water partition coefficient (Wildman–Crippen LogP) is 26.5. The summed E-state index contributed by atoms with van der Waals surface area (Å²) in [7, 11) is -2.77. The molecular formula is C99H101N3OSi. The molecule has 0 bridgehead atoms. The molecule has 12 aromatic carbocycles. The molecule has 1 atom stereocenters. The molecule has 14 aromatic rings. The van der Waals surface area contributed by atoms with Gasteiger partial charge < -0.3 is 18.8 Å². The van der Waals surface area contributed by atoms with Crippen LogP contribution in [0.1, 0.15) is 176 Å². The third kappa shape index (κ3) is 10.8. The highest BCUT2D eigenvalue weighted by Gasteiger charge is 2.54. The lowest BCUT2D eigenvalue weighted by molar-refractivity contribution is 0.589. The van der Waals surface area contributed by atoms with Crippen LogP contribution in [0.3, 0.4) is 0 Å². The van der Waals surface area contributed by atoms with E-state index in [1.165, 1.54) is 127 Å². The molecule has 2 aliphatic rings. The first-order valence-electron chi connectivity index (χ1n) is 37.7. The molecule has 1 aliphatic carbocycles. The molecule has 5 heteroatoms. The number of benzene rings is 12. The van der Waals surface area contributed by atoms with E-state index in [9.17, 15) is 0 Å². The van der Waals surface area contributed by atoms with E-state index in [0.29, 0.717) is 0 Å². The molecule has 0 amide bonds. The second kappa shape index (κ2) is 23.8. The normalized spacial score (nSPS) is 15.1. The summed E-state index contributed by atoms with van der Waals surface area (Å²) in [4.78, 5) is 5.19. The lowest BCUT2D eigenvalue weighted by atomic mass is 9.66. The van der Waals surface area contributed by atoms with Crippen LogP contribution in [0.25, 0.3) is 71.7 Å². The van der Waals surface area contributed by atoms with E-state index < -0.39 is 13.5 Å². The molecule has 0 fully saturated rings. The number of fused-ring (bicyclic) bond motifs is 14. The number of rotatable bonds is 9. The van der Waals surface area contributed by atoms with Gasteiger partial charge in [-0.1, -0.05) is 244 Å². The lowest BCUT2D eigenvalue weighted by Crippen LogP contribution is -2.50. The smallest absolute Gasteiger partial charge is 0.145 e. The predicted molar refractivity (Wildman–Crippen MR) is 449 cm³/mol. The number of hydrogen-bond acceptors (Lipinski definition) is 3. The van der Waals surface area contributed by atoms with Crippen molar-refractivity contribution in [1.29, 1.82) is 0 Å². The molecule has 4 nitrogen and oxygen atoms in total. The number of nitrogens with zero attached hydrogens (tertiary/aromatic N) is 3. The zero-order valence-electron chi connectivity index (χ0n) is 65.2. The Morgan fingerprint density at radius 2 is 0.788 bits per heavy atom. The molecule has 2 aromatic heterocycles. The highest BCUT2D eigenvalue weighted by atomic mass is 28.3. The minimum absolute atomic E-state index is 0.00257. The first-order valence-corrected chi connectivity index (χ1v) is 40.7. The maximum Gasteiger partial charge on any atom is 0.145 e. The second-order valence-electron chi connectivity index (χ2n) is 36.1. The largest absolute Gasteiger partial charge is 0.455 e. The van der Waals surface area contributed by atoms with Gasteiger partial charge in [0.2, 0.25) is 0 Å². The fraction of sp³-hybridized carbons (Fsp3) is 0.273. The summed E-state index contributed by atoms with van der Waals surface area (Å²) in [5.41, 5.74) is 31.9. The van der Waals surface area contributed by atoms with Crippen molar-refractivity contribution in [2.75, 3.05) is 9.80 Å².